The third kappa shape index (κ3) is 1.98. The molecule has 8 nitrogen and oxygen atoms in total. The Morgan fingerprint density at radius 2 is 2.47 bits per heavy atom. The Bertz CT molecular complexity index is 488. The van der Waals surface area contributed by atoms with Crippen LogP contribution < -0.4 is 0 Å². The van der Waals surface area contributed by atoms with Crippen LogP contribution in [0.15, 0.2) is 10.9 Å². The summed E-state index contributed by atoms with van der Waals surface area (Å²) in [6.45, 7) is 1.90. The number of nitrogens with zero attached hydrogens (tertiary/aromatic N) is 5. The van der Waals surface area contributed by atoms with E-state index in [0.717, 1.165) is 0 Å². The summed E-state index contributed by atoms with van der Waals surface area (Å²) in [4.78, 5) is 18.0. The summed E-state index contributed by atoms with van der Waals surface area (Å²) in [6, 6.07) is 0. The van der Waals surface area contributed by atoms with Gasteiger partial charge >= 0.3 is 5.97 Å². The van der Waals surface area contributed by atoms with Crippen molar-refractivity contribution in [2.45, 2.75) is 13.5 Å². The average molecular weight is 209 g/mol. The molecule has 0 aliphatic carbocycles. The number of hydrogen-bond acceptors (Lipinski definition) is 6. The van der Waals surface area contributed by atoms with Crippen LogP contribution in [0, 0.1) is 6.92 Å². The maximum Gasteiger partial charge on any atom is 0.375 e. The van der Waals surface area contributed by atoms with E-state index in [1.54, 1.807) is 6.92 Å². The number of aryl methyl sites for hydroxylation is 1. The summed E-state index contributed by atoms with van der Waals surface area (Å²) < 4.78 is 6.16. The summed E-state index contributed by atoms with van der Waals surface area (Å²) in [5, 5.41) is 15.9. The predicted molar refractivity (Wildman–Crippen MR) is 45.1 cm³/mol. The Kier molecular flexibility index (Phi) is 2.16. The third-order valence-electron chi connectivity index (χ3n) is 1.59. The third-order valence-corrected chi connectivity index (χ3v) is 1.59. The van der Waals surface area contributed by atoms with Gasteiger partial charge in [-0.15, -0.1) is 5.10 Å². The number of rotatable bonds is 3. The van der Waals surface area contributed by atoms with Gasteiger partial charge in [0.25, 0.3) is 5.82 Å². The lowest BCUT2D eigenvalue weighted by atomic mass is 10.6. The standard InChI is InChI=1S/C7H7N5O3/c1-4-9-5(15-11-4)2-12-3-8-6(10-12)7(13)14/h3H,2H2,1H3,(H,13,14). The molecule has 0 atom stereocenters. The second-order valence-electron chi connectivity index (χ2n) is 2.81. The number of carboxylic acid groups (broad SMARTS) is 1. The molecule has 0 fully saturated rings. The van der Waals surface area contributed by atoms with E-state index >= 15 is 0 Å². The van der Waals surface area contributed by atoms with Gasteiger partial charge in [-0.3, -0.25) is 0 Å². The molecule has 0 amide bonds. The van der Waals surface area contributed by atoms with E-state index in [9.17, 15) is 4.79 Å². The first-order chi connectivity index (χ1) is 7.15. The summed E-state index contributed by atoms with van der Waals surface area (Å²) in [7, 11) is 0. The molecule has 15 heavy (non-hydrogen) atoms. The lowest BCUT2D eigenvalue weighted by molar-refractivity contribution is 0.0683. The normalized spacial score (nSPS) is 10.5. The monoisotopic (exact) mass is 209 g/mol. The van der Waals surface area contributed by atoms with Crippen LogP contribution in [0.1, 0.15) is 22.3 Å². The first kappa shape index (κ1) is 9.31. The molecule has 0 aliphatic heterocycles. The minimum Gasteiger partial charge on any atom is -0.475 e. The molecule has 0 spiro atoms. The highest BCUT2D eigenvalue weighted by atomic mass is 16.5. The lowest BCUT2D eigenvalue weighted by Gasteiger charge is -1.91. The minimum atomic E-state index is -1.17. The lowest BCUT2D eigenvalue weighted by Crippen LogP contribution is -2.04. The molecule has 0 aromatic carbocycles. The molecule has 0 aliphatic rings. The predicted octanol–water partition coefficient (Wildman–Crippen LogP) is -0.284. The van der Waals surface area contributed by atoms with Gasteiger partial charge < -0.3 is 9.63 Å². The summed E-state index contributed by atoms with van der Waals surface area (Å²) >= 11 is 0. The van der Waals surface area contributed by atoms with Gasteiger partial charge in [-0.05, 0) is 6.92 Å². The van der Waals surface area contributed by atoms with Crippen molar-refractivity contribution in [3.8, 4) is 0 Å². The fourth-order valence-electron chi connectivity index (χ4n) is 1.01. The molecule has 2 aromatic rings. The van der Waals surface area contributed by atoms with Crippen LogP contribution in [0.3, 0.4) is 0 Å². The zero-order valence-electron chi connectivity index (χ0n) is 7.78. The summed E-state index contributed by atoms with van der Waals surface area (Å²) in [5.74, 6) is -0.556. The molecule has 0 saturated heterocycles. The second kappa shape index (κ2) is 3.48. The summed E-state index contributed by atoms with van der Waals surface area (Å²) in [6.07, 6.45) is 1.29. The summed E-state index contributed by atoms with van der Waals surface area (Å²) in [5.41, 5.74) is 0. The van der Waals surface area contributed by atoms with Crippen LogP contribution in [-0.2, 0) is 6.54 Å². The zero-order chi connectivity index (χ0) is 10.8. The average Bonchev–Trinajstić information content (AvgIpc) is 2.76. The van der Waals surface area contributed by atoms with E-state index in [4.69, 9.17) is 9.63 Å². The van der Waals surface area contributed by atoms with E-state index in [-0.39, 0.29) is 12.4 Å². The van der Waals surface area contributed by atoms with Gasteiger partial charge in [-0.25, -0.2) is 14.5 Å². The number of aromatic nitrogens is 5. The molecule has 0 bridgehead atoms. The Balaban J connectivity index is 2.14. The molecular formula is C7H7N5O3. The number of aromatic carboxylic acids is 1. The second-order valence-corrected chi connectivity index (χ2v) is 2.81. The first-order valence-electron chi connectivity index (χ1n) is 4.07. The highest BCUT2D eigenvalue weighted by Crippen LogP contribution is 1.99. The van der Waals surface area contributed by atoms with Gasteiger partial charge in [-0.2, -0.15) is 4.98 Å². The molecule has 8 heteroatoms. The molecule has 0 saturated carbocycles. The largest absolute Gasteiger partial charge is 0.475 e. The van der Waals surface area contributed by atoms with Crippen LogP contribution in [0.5, 0.6) is 0 Å². The van der Waals surface area contributed by atoms with Gasteiger partial charge in [0.2, 0.25) is 5.89 Å². The van der Waals surface area contributed by atoms with Gasteiger partial charge in [0.1, 0.15) is 12.9 Å². The van der Waals surface area contributed by atoms with Gasteiger partial charge in [-0.1, -0.05) is 5.16 Å². The topological polar surface area (TPSA) is 107 Å². The van der Waals surface area contributed by atoms with E-state index in [2.05, 4.69) is 20.2 Å². The Labute approximate surface area is 83.6 Å². The number of carboxylic acids is 1. The van der Waals surface area contributed by atoms with Crippen molar-refractivity contribution in [2.24, 2.45) is 0 Å². The van der Waals surface area contributed by atoms with E-state index in [0.29, 0.717) is 11.7 Å². The smallest absolute Gasteiger partial charge is 0.375 e. The molecule has 78 valence electrons. The molecular weight excluding hydrogens is 202 g/mol. The maximum absolute atomic E-state index is 10.5. The molecule has 0 radical (unpaired) electrons. The Morgan fingerprint density at radius 1 is 1.67 bits per heavy atom. The van der Waals surface area contributed by atoms with Crippen molar-refractivity contribution >= 4 is 5.97 Å². The SMILES string of the molecule is Cc1noc(Cn2cnc(C(=O)O)n2)n1. The van der Waals surface area contributed by atoms with Gasteiger partial charge in [0.05, 0.1) is 0 Å². The Morgan fingerprint density at radius 3 is 3.00 bits per heavy atom. The highest BCUT2D eigenvalue weighted by Gasteiger charge is 2.10. The number of carbonyl (C=O) groups is 1. The van der Waals surface area contributed by atoms with E-state index < -0.39 is 5.97 Å². The molecule has 0 unspecified atom stereocenters. The van der Waals surface area contributed by atoms with Crippen molar-refractivity contribution in [3.63, 3.8) is 0 Å². The zero-order valence-corrected chi connectivity index (χ0v) is 7.78. The van der Waals surface area contributed by atoms with Crippen LogP contribution in [0.25, 0.3) is 0 Å². The fraction of sp³-hybridized carbons (Fsp3) is 0.286. The van der Waals surface area contributed by atoms with Crippen molar-refractivity contribution in [3.05, 3.63) is 23.9 Å². The van der Waals surface area contributed by atoms with Crippen molar-refractivity contribution in [1.82, 2.24) is 24.9 Å². The van der Waals surface area contributed by atoms with Crippen LogP contribution in [-0.4, -0.2) is 36.0 Å². The molecule has 1 N–H and O–H groups in total. The van der Waals surface area contributed by atoms with Crippen molar-refractivity contribution in [2.75, 3.05) is 0 Å². The van der Waals surface area contributed by atoms with Crippen LogP contribution in [0.2, 0.25) is 0 Å². The molecule has 2 aromatic heterocycles. The number of hydrogen-bond donors (Lipinski definition) is 1. The first-order valence-corrected chi connectivity index (χ1v) is 4.07. The quantitative estimate of drug-likeness (QED) is 0.740. The van der Waals surface area contributed by atoms with Gasteiger partial charge in [0, 0.05) is 0 Å². The van der Waals surface area contributed by atoms with Crippen LogP contribution >= 0.6 is 0 Å². The molecule has 2 rings (SSSR count). The van der Waals surface area contributed by atoms with E-state index in [1.165, 1.54) is 11.0 Å². The van der Waals surface area contributed by atoms with E-state index in [1.807, 2.05) is 0 Å². The van der Waals surface area contributed by atoms with Crippen molar-refractivity contribution < 1.29 is 14.4 Å². The van der Waals surface area contributed by atoms with Gasteiger partial charge in [0.15, 0.2) is 5.82 Å². The highest BCUT2D eigenvalue weighted by molar-refractivity contribution is 5.82. The minimum absolute atomic E-state index is 0.209. The Hall–Kier alpha value is -2.25. The molecule has 2 heterocycles. The fourth-order valence-corrected chi connectivity index (χ4v) is 1.01. The maximum atomic E-state index is 10.5. The van der Waals surface area contributed by atoms with Crippen molar-refractivity contribution in [1.29, 1.82) is 0 Å². The van der Waals surface area contributed by atoms with Crippen LogP contribution in [0.4, 0.5) is 0 Å².